The average Bonchev–Trinajstić information content (AvgIpc) is 3.22. The van der Waals surface area contributed by atoms with E-state index in [9.17, 15) is 0 Å². The van der Waals surface area contributed by atoms with E-state index in [-0.39, 0.29) is 6.10 Å². The lowest BCUT2D eigenvalue weighted by Gasteiger charge is -2.08. The Morgan fingerprint density at radius 1 is 1.39 bits per heavy atom. The van der Waals surface area contributed by atoms with Crippen LogP contribution < -0.4 is 9.47 Å². The fraction of sp³-hybridized carbons (Fsp3) is 0.400. The highest BCUT2D eigenvalue weighted by atomic mass is 32.1. The number of aromatic nitrogens is 3. The fourth-order valence-corrected chi connectivity index (χ4v) is 2.65. The molecule has 122 valence electrons. The van der Waals surface area contributed by atoms with Crippen molar-refractivity contribution in [3.05, 3.63) is 34.4 Å². The van der Waals surface area contributed by atoms with Crippen LogP contribution in [-0.2, 0) is 4.74 Å². The molecule has 23 heavy (non-hydrogen) atoms. The Morgan fingerprint density at radius 3 is 2.91 bits per heavy atom. The molecule has 1 aliphatic heterocycles. The minimum Gasteiger partial charge on any atom is -0.493 e. The minimum absolute atomic E-state index is 0.0643. The normalized spacial score (nSPS) is 17.7. The van der Waals surface area contributed by atoms with Crippen molar-refractivity contribution >= 4 is 18.4 Å². The number of rotatable bonds is 5. The van der Waals surface area contributed by atoms with Crippen molar-refractivity contribution in [1.29, 1.82) is 0 Å². The molecule has 3 rings (SSSR count). The summed E-state index contributed by atoms with van der Waals surface area (Å²) < 4.78 is 18.2. The quantitative estimate of drug-likeness (QED) is 0.672. The molecule has 0 amide bonds. The van der Waals surface area contributed by atoms with E-state index in [1.54, 1.807) is 25.1 Å². The Hall–Kier alpha value is -2.19. The lowest BCUT2D eigenvalue weighted by atomic mass is 10.2. The molecule has 2 aromatic rings. The monoisotopic (exact) mass is 334 g/mol. The number of nitrogens with one attached hydrogen (secondary N) is 1. The van der Waals surface area contributed by atoms with Gasteiger partial charge >= 0.3 is 0 Å². The van der Waals surface area contributed by atoms with Gasteiger partial charge in [0.15, 0.2) is 17.3 Å². The maximum Gasteiger partial charge on any atom is 0.216 e. The van der Waals surface area contributed by atoms with Crippen LogP contribution in [0.4, 0.5) is 0 Å². The van der Waals surface area contributed by atoms with Gasteiger partial charge in [0, 0.05) is 6.61 Å². The van der Waals surface area contributed by atoms with Crippen molar-refractivity contribution in [2.45, 2.75) is 18.9 Å². The smallest absolute Gasteiger partial charge is 0.216 e. The first kappa shape index (κ1) is 15.7. The topological polar surface area (TPSA) is 73.7 Å². The summed E-state index contributed by atoms with van der Waals surface area (Å²) in [6.45, 7) is 0.740. The molecule has 0 spiro atoms. The lowest BCUT2D eigenvalue weighted by molar-refractivity contribution is 0.102. The van der Waals surface area contributed by atoms with Gasteiger partial charge in [-0.3, -0.25) is 5.10 Å². The molecule has 8 heteroatoms. The minimum atomic E-state index is -0.0643. The first-order valence-electron chi connectivity index (χ1n) is 7.28. The Labute approximate surface area is 138 Å². The van der Waals surface area contributed by atoms with Crippen LogP contribution in [0.1, 0.15) is 30.3 Å². The van der Waals surface area contributed by atoms with Gasteiger partial charge in [0.1, 0.15) is 6.10 Å². The zero-order valence-corrected chi connectivity index (χ0v) is 13.8. The van der Waals surface area contributed by atoms with E-state index >= 15 is 0 Å². The van der Waals surface area contributed by atoms with E-state index < -0.39 is 0 Å². The van der Waals surface area contributed by atoms with Gasteiger partial charge in [0.2, 0.25) is 4.77 Å². The summed E-state index contributed by atoms with van der Waals surface area (Å²) in [6.07, 6.45) is 3.58. The van der Waals surface area contributed by atoms with E-state index in [4.69, 9.17) is 26.4 Å². The van der Waals surface area contributed by atoms with Crippen molar-refractivity contribution < 1.29 is 14.2 Å². The van der Waals surface area contributed by atoms with E-state index in [0.29, 0.717) is 22.1 Å². The molecule has 1 aliphatic rings. The standard InChI is InChI=1S/C15H18N4O3S/c1-20-11-6-5-10(8-13(11)21-2)9-16-19-14(17-18-15(19)23)12-4-3-7-22-12/h5-6,8-9,12H,3-4,7H2,1-2H3,(H,18,23)/b16-9-. The summed E-state index contributed by atoms with van der Waals surface area (Å²) in [5.74, 6) is 2.01. The van der Waals surface area contributed by atoms with Gasteiger partial charge in [-0.2, -0.15) is 14.9 Å². The number of hydrogen-bond donors (Lipinski definition) is 1. The van der Waals surface area contributed by atoms with Crippen LogP contribution in [0.15, 0.2) is 23.3 Å². The summed E-state index contributed by atoms with van der Waals surface area (Å²) >= 11 is 5.24. The molecule has 0 aliphatic carbocycles. The van der Waals surface area contributed by atoms with Gasteiger partial charge in [0.25, 0.3) is 0 Å². The Kier molecular flexibility index (Phi) is 4.73. The summed E-state index contributed by atoms with van der Waals surface area (Å²) in [4.78, 5) is 0. The van der Waals surface area contributed by atoms with Crippen LogP contribution in [0.2, 0.25) is 0 Å². The van der Waals surface area contributed by atoms with Crippen LogP contribution in [-0.4, -0.2) is 41.9 Å². The molecule has 0 bridgehead atoms. The van der Waals surface area contributed by atoms with Gasteiger partial charge in [-0.1, -0.05) is 0 Å². The number of hydrogen-bond acceptors (Lipinski definition) is 6. The SMILES string of the molecule is COc1ccc(/C=N\n2c(C3CCCO3)n[nH]c2=S)cc1OC. The summed E-state index contributed by atoms with van der Waals surface area (Å²) in [5.41, 5.74) is 0.865. The van der Waals surface area contributed by atoms with Crippen molar-refractivity contribution in [3.8, 4) is 11.5 Å². The molecule has 1 atom stereocenters. The highest BCUT2D eigenvalue weighted by molar-refractivity contribution is 7.71. The van der Waals surface area contributed by atoms with E-state index in [0.717, 1.165) is 25.0 Å². The third kappa shape index (κ3) is 3.27. The van der Waals surface area contributed by atoms with Crippen LogP contribution in [0.25, 0.3) is 0 Å². The molecule has 1 fully saturated rings. The van der Waals surface area contributed by atoms with Crippen LogP contribution in [0, 0.1) is 4.77 Å². The predicted octanol–water partition coefficient (Wildman–Crippen LogP) is 2.69. The second kappa shape index (κ2) is 6.93. The summed E-state index contributed by atoms with van der Waals surface area (Å²) in [5, 5.41) is 11.4. The second-order valence-corrected chi connectivity index (χ2v) is 5.45. The Balaban J connectivity index is 1.88. The molecular formula is C15H18N4O3S. The van der Waals surface area contributed by atoms with Crippen LogP contribution in [0.3, 0.4) is 0 Å². The van der Waals surface area contributed by atoms with Crippen LogP contribution in [0.5, 0.6) is 11.5 Å². The molecule has 1 saturated heterocycles. The molecule has 0 radical (unpaired) electrons. The molecule has 1 unspecified atom stereocenters. The lowest BCUT2D eigenvalue weighted by Crippen LogP contribution is -2.05. The van der Waals surface area contributed by atoms with Gasteiger partial charge in [-0.25, -0.2) is 0 Å². The first-order valence-corrected chi connectivity index (χ1v) is 7.69. The van der Waals surface area contributed by atoms with Gasteiger partial charge in [-0.15, -0.1) is 0 Å². The second-order valence-electron chi connectivity index (χ2n) is 5.06. The van der Waals surface area contributed by atoms with Crippen molar-refractivity contribution in [1.82, 2.24) is 14.9 Å². The highest BCUT2D eigenvalue weighted by Gasteiger charge is 2.23. The van der Waals surface area contributed by atoms with Gasteiger partial charge in [0.05, 0.1) is 20.4 Å². The number of methoxy groups -OCH3 is 2. The maximum atomic E-state index is 5.65. The number of ether oxygens (including phenoxy) is 3. The molecule has 7 nitrogen and oxygen atoms in total. The van der Waals surface area contributed by atoms with E-state index in [1.165, 1.54) is 0 Å². The van der Waals surface area contributed by atoms with Crippen molar-refractivity contribution in [3.63, 3.8) is 0 Å². The fourth-order valence-electron chi connectivity index (χ4n) is 2.46. The summed E-state index contributed by atoms with van der Waals surface area (Å²) in [7, 11) is 3.20. The Bertz CT molecular complexity index is 762. The molecule has 2 heterocycles. The number of nitrogens with zero attached hydrogens (tertiary/aromatic N) is 3. The summed E-state index contributed by atoms with van der Waals surface area (Å²) in [6, 6.07) is 5.56. The third-order valence-electron chi connectivity index (χ3n) is 3.62. The van der Waals surface area contributed by atoms with Crippen LogP contribution >= 0.6 is 12.2 Å². The molecule has 1 N–H and O–H groups in total. The zero-order chi connectivity index (χ0) is 16.2. The molecule has 1 aromatic carbocycles. The maximum absolute atomic E-state index is 5.65. The molecule has 0 saturated carbocycles. The molecule has 1 aromatic heterocycles. The number of H-pyrrole nitrogens is 1. The Morgan fingerprint density at radius 2 is 2.22 bits per heavy atom. The first-order chi connectivity index (χ1) is 11.2. The van der Waals surface area contributed by atoms with Gasteiger partial charge in [-0.05, 0) is 48.8 Å². The number of aromatic amines is 1. The van der Waals surface area contributed by atoms with E-state index in [2.05, 4.69) is 15.3 Å². The predicted molar refractivity (Wildman–Crippen MR) is 87.9 cm³/mol. The molecular weight excluding hydrogens is 316 g/mol. The van der Waals surface area contributed by atoms with Crippen molar-refractivity contribution in [2.24, 2.45) is 5.10 Å². The third-order valence-corrected chi connectivity index (χ3v) is 3.89. The zero-order valence-electron chi connectivity index (χ0n) is 13.0. The number of benzene rings is 1. The highest BCUT2D eigenvalue weighted by Crippen LogP contribution is 2.28. The largest absolute Gasteiger partial charge is 0.493 e. The van der Waals surface area contributed by atoms with Crippen molar-refractivity contribution in [2.75, 3.05) is 20.8 Å². The van der Waals surface area contributed by atoms with E-state index in [1.807, 2.05) is 18.2 Å². The van der Waals surface area contributed by atoms with Gasteiger partial charge < -0.3 is 14.2 Å². The average molecular weight is 334 g/mol.